The van der Waals surface area contributed by atoms with Crippen molar-refractivity contribution in [1.29, 1.82) is 0 Å². The van der Waals surface area contributed by atoms with Gasteiger partial charge in [-0.3, -0.25) is 0 Å². The van der Waals surface area contributed by atoms with E-state index in [1.807, 2.05) is 12.1 Å². The Labute approximate surface area is 121 Å². The summed E-state index contributed by atoms with van der Waals surface area (Å²) in [5, 5.41) is 0. The summed E-state index contributed by atoms with van der Waals surface area (Å²) in [7, 11) is 0. The van der Waals surface area contributed by atoms with Crippen molar-refractivity contribution in [2.24, 2.45) is 0 Å². The first-order chi connectivity index (χ1) is 9.72. The van der Waals surface area contributed by atoms with Crippen molar-refractivity contribution in [3.05, 3.63) is 59.2 Å². The second-order valence-corrected chi connectivity index (χ2v) is 5.72. The fourth-order valence-electron chi connectivity index (χ4n) is 3.05. The molecule has 2 nitrogen and oxygen atoms in total. The summed E-state index contributed by atoms with van der Waals surface area (Å²) < 4.78 is 0. The standard InChI is InChI=1S/C18H22N2/c1-14-7-8-18-16(12-14)5-3-10-20(18)11-9-15-4-2-6-17(19)13-15/h2,4,6-8,12-13H,3,5,9-11,19H2,1H3. The van der Waals surface area contributed by atoms with Crippen LogP contribution >= 0.6 is 0 Å². The molecule has 0 radical (unpaired) electrons. The van der Waals surface area contributed by atoms with Gasteiger partial charge < -0.3 is 10.6 Å². The third kappa shape index (κ3) is 2.79. The van der Waals surface area contributed by atoms with Gasteiger partial charge in [0.1, 0.15) is 0 Å². The number of nitrogens with zero attached hydrogens (tertiary/aromatic N) is 1. The molecule has 2 N–H and O–H groups in total. The highest BCUT2D eigenvalue weighted by Gasteiger charge is 2.16. The maximum atomic E-state index is 5.85. The van der Waals surface area contributed by atoms with Crippen LogP contribution in [-0.4, -0.2) is 13.1 Å². The van der Waals surface area contributed by atoms with Gasteiger partial charge in [0, 0.05) is 24.5 Å². The quantitative estimate of drug-likeness (QED) is 0.861. The van der Waals surface area contributed by atoms with Gasteiger partial charge in [0.2, 0.25) is 0 Å². The molecule has 1 aliphatic heterocycles. The van der Waals surface area contributed by atoms with Crippen LogP contribution in [0.15, 0.2) is 42.5 Å². The molecule has 0 saturated heterocycles. The molecule has 0 spiro atoms. The Kier molecular flexibility index (Phi) is 3.64. The van der Waals surface area contributed by atoms with Gasteiger partial charge in [-0.25, -0.2) is 0 Å². The maximum Gasteiger partial charge on any atom is 0.0399 e. The molecule has 104 valence electrons. The lowest BCUT2D eigenvalue weighted by atomic mass is 9.99. The van der Waals surface area contributed by atoms with Gasteiger partial charge in [0.15, 0.2) is 0 Å². The lowest BCUT2D eigenvalue weighted by Crippen LogP contribution is -2.31. The summed E-state index contributed by atoms with van der Waals surface area (Å²) >= 11 is 0. The number of hydrogen-bond acceptors (Lipinski definition) is 2. The Morgan fingerprint density at radius 1 is 1.15 bits per heavy atom. The van der Waals surface area contributed by atoms with Crippen LogP contribution in [0.3, 0.4) is 0 Å². The number of fused-ring (bicyclic) bond motifs is 1. The maximum absolute atomic E-state index is 5.85. The molecule has 2 aromatic rings. The van der Waals surface area contributed by atoms with Gasteiger partial charge in [-0.1, -0.05) is 29.8 Å². The highest BCUT2D eigenvalue weighted by atomic mass is 15.1. The van der Waals surface area contributed by atoms with Crippen molar-refractivity contribution in [3.8, 4) is 0 Å². The molecule has 2 aromatic carbocycles. The number of benzene rings is 2. The molecule has 0 bridgehead atoms. The molecule has 1 aliphatic rings. The van der Waals surface area contributed by atoms with Crippen LogP contribution in [0.5, 0.6) is 0 Å². The molecule has 3 rings (SSSR count). The molecule has 0 fully saturated rings. The van der Waals surface area contributed by atoms with Crippen molar-refractivity contribution in [2.45, 2.75) is 26.2 Å². The number of nitrogen functional groups attached to an aromatic ring is 1. The largest absolute Gasteiger partial charge is 0.399 e. The van der Waals surface area contributed by atoms with Crippen LogP contribution in [0.25, 0.3) is 0 Å². The van der Waals surface area contributed by atoms with E-state index in [-0.39, 0.29) is 0 Å². The summed E-state index contributed by atoms with van der Waals surface area (Å²) in [4.78, 5) is 2.52. The van der Waals surface area contributed by atoms with Crippen LogP contribution in [0.2, 0.25) is 0 Å². The summed E-state index contributed by atoms with van der Waals surface area (Å²) in [6, 6.07) is 15.1. The van der Waals surface area contributed by atoms with Gasteiger partial charge in [-0.15, -0.1) is 0 Å². The predicted molar refractivity (Wildman–Crippen MR) is 86.3 cm³/mol. The Hall–Kier alpha value is -1.96. The highest BCUT2D eigenvalue weighted by Crippen LogP contribution is 2.28. The van der Waals surface area contributed by atoms with Crippen molar-refractivity contribution in [3.63, 3.8) is 0 Å². The smallest absolute Gasteiger partial charge is 0.0399 e. The minimum atomic E-state index is 0.858. The molecule has 0 aromatic heterocycles. The summed E-state index contributed by atoms with van der Waals surface area (Å²) in [6.45, 7) is 4.41. The molecule has 0 atom stereocenters. The average Bonchev–Trinajstić information content (AvgIpc) is 2.44. The molecule has 0 unspecified atom stereocenters. The zero-order valence-corrected chi connectivity index (χ0v) is 12.1. The van der Waals surface area contributed by atoms with E-state index in [0.717, 1.165) is 18.7 Å². The molecule has 0 saturated carbocycles. The van der Waals surface area contributed by atoms with E-state index in [0.29, 0.717) is 0 Å². The van der Waals surface area contributed by atoms with Gasteiger partial charge in [0.25, 0.3) is 0 Å². The monoisotopic (exact) mass is 266 g/mol. The van der Waals surface area contributed by atoms with Crippen LogP contribution < -0.4 is 10.6 Å². The first-order valence-corrected chi connectivity index (χ1v) is 7.41. The third-order valence-electron chi connectivity index (χ3n) is 4.07. The molecule has 1 heterocycles. The number of anilines is 2. The summed E-state index contributed by atoms with van der Waals surface area (Å²) in [5.74, 6) is 0. The predicted octanol–water partition coefficient (Wildman–Crippen LogP) is 3.57. The number of aryl methyl sites for hydroxylation is 2. The van der Waals surface area contributed by atoms with Crippen LogP contribution in [0.4, 0.5) is 11.4 Å². The zero-order valence-electron chi connectivity index (χ0n) is 12.1. The van der Waals surface area contributed by atoms with E-state index in [4.69, 9.17) is 5.73 Å². The van der Waals surface area contributed by atoms with Crippen molar-refractivity contribution >= 4 is 11.4 Å². The fourth-order valence-corrected chi connectivity index (χ4v) is 3.05. The minimum absolute atomic E-state index is 0.858. The lowest BCUT2D eigenvalue weighted by Gasteiger charge is -2.31. The summed E-state index contributed by atoms with van der Waals surface area (Å²) in [6.07, 6.45) is 3.53. The second kappa shape index (κ2) is 5.58. The number of hydrogen-bond donors (Lipinski definition) is 1. The zero-order chi connectivity index (χ0) is 13.9. The molecule has 0 amide bonds. The van der Waals surface area contributed by atoms with E-state index in [1.165, 1.54) is 41.8 Å². The Balaban J connectivity index is 1.73. The topological polar surface area (TPSA) is 29.3 Å². The number of nitrogens with two attached hydrogens (primary N) is 1. The van der Waals surface area contributed by atoms with Gasteiger partial charge in [-0.05, 0) is 55.5 Å². The van der Waals surface area contributed by atoms with E-state index in [1.54, 1.807) is 0 Å². The van der Waals surface area contributed by atoms with Gasteiger partial charge in [0.05, 0.1) is 0 Å². The van der Waals surface area contributed by atoms with Crippen molar-refractivity contribution < 1.29 is 0 Å². The summed E-state index contributed by atoms with van der Waals surface area (Å²) in [5.41, 5.74) is 12.3. The molecule has 2 heteroatoms. The molecule has 0 aliphatic carbocycles. The third-order valence-corrected chi connectivity index (χ3v) is 4.07. The fraction of sp³-hybridized carbons (Fsp3) is 0.333. The SMILES string of the molecule is Cc1ccc2c(c1)CCCN2CCc1cccc(N)c1. The van der Waals surface area contributed by atoms with Crippen molar-refractivity contribution in [2.75, 3.05) is 23.7 Å². The second-order valence-electron chi connectivity index (χ2n) is 5.72. The first kappa shape index (κ1) is 13.0. The molecule has 20 heavy (non-hydrogen) atoms. The average molecular weight is 266 g/mol. The normalized spacial score (nSPS) is 14.2. The van der Waals surface area contributed by atoms with Crippen molar-refractivity contribution in [1.82, 2.24) is 0 Å². The van der Waals surface area contributed by atoms with E-state index in [9.17, 15) is 0 Å². The number of rotatable bonds is 3. The highest BCUT2D eigenvalue weighted by molar-refractivity contribution is 5.56. The van der Waals surface area contributed by atoms with E-state index < -0.39 is 0 Å². The van der Waals surface area contributed by atoms with Crippen LogP contribution in [-0.2, 0) is 12.8 Å². The molecular weight excluding hydrogens is 244 g/mol. The Morgan fingerprint density at radius 2 is 2.05 bits per heavy atom. The molecular formula is C18H22N2. The lowest BCUT2D eigenvalue weighted by molar-refractivity contribution is 0.687. The van der Waals surface area contributed by atoms with Gasteiger partial charge >= 0.3 is 0 Å². The Morgan fingerprint density at radius 3 is 2.90 bits per heavy atom. The van der Waals surface area contributed by atoms with E-state index in [2.05, 4.69) is 42.2 Å². The van der Waals surface area contributed by atoms with Crippen LogP contribution in [0, 0.1) is 6.92 Å². The first-order valence-electron chi connectivity index (χ1n) is 7.41. The van der Waals surface area contributed by atoms with E-state index >= 15 is 0 Å². The van der Waals surface area contributed by atoms with Gasteiger partial charge in [-0.2, -0.15) is 0 Å². The minimum Gasteiger partial charge on any atom is -0.399 e. The van der Waals surface area contributed by atoms with Crippen LogP contribution in [0.1, 0.15) is 23.1 Å². The Bertz CT molecular complexity index is 604.